The minimum Gasteiger partial charge on any atom is -0.480 e. The van der Waals surface area contributed by atoms with Gasteiger partial charge in [0.05, 0.1) is 19.3 Å². The van der Waals surface area contributed by atoms with Crippen molar-refractivity contribution in [3.8, 4) is 0 Å². The molecule has 0 saturated heterocycles. The van der Waals surface area contributed by atoms with E-state index in [1.165, 1.54) is 38.1 Å². The Kier molecular flexibility index (Phi) is 20.6. The number of carbonyl (C=O) groups is 3. The highest BCUT2D eigenvalue weighted by atomic mass is 32.2. The third kappa shape index (κ3) is 19.6. The van der Waals surface area contributed by atoms with Crippen LogP contribution in [-0.4, -0.2) is 64.9 Å². The molecule has 9 heteroatoms. The Labute approximate surface area is 213 Å². The minimum atomic E-state index is -1.15. The number of hydrogen-bond donors (Lipinski definition) is 4. The largest absolute Gasteiger partial charge is 0.480 e. The van der Waals surface area contributed by atoms with Crippen molar-refractivity contribution in [2.24, 2.45) is 5.73 Å². The summed E-state index contributed by atoms with van der Waals surface area (Å²) in [5.41, 5.74) is 5.86. The van der Waals surface area contributed by atoms with Crippen molar-refractivity contribution in [1.82, 2.24) is 5.32 Å². The Morgan fingerprint density at radius 3 is 2.49 bits per heavy atom. The van der Waals surface area contributed by atoms with E-state index in [4.69, 9.17) is 10.8 Å². The maximum atomic E-state index is 11.9. The van der Waals surface area contributed by atoms with Gasteiger partial charge in [0.1, 0.15) is 6.54 Å². The number of allylic oxidation sites excluding steroid dienone is 7. The maximum Gasteiger partial charge on any atom is 0.322 e. The number of aliphatic hydroxyl groups excluding tert-OH is 1. The lowest BCUT2D eigenvalue weighted by molar-refractivity contribution is -0.141. The van der Waals surface area contributed by atoms with Crippen molar-refractivity contribution in [1.29, 1.82) is 0 Å². The third-order valence-electron chi connectivity index (χ3n) is 4.89. The highest BCUT2D eigenvalue weighted by molar-refractivity contribution is 8.00. The van der Waals surface area contributed by atoms with Crippen molar-refractivity contribution < 1.29 is 29.3 Å². The number of carboxylic acid groups (broad SMARTS) is 1. The summed E-state index contributed by atoms with van der Waals surface area (Å²) in [7, 11) is 1.32. The van der Waals surface area contributed by atoms with Crippen molar-refractivity contribution in [3.63, 3.8) is 0 Å². The number of hydrogen-bond acceptors (Lipinski definition) is 7. The van der Waals surface area contributed by atoms with Crippen LogP contribution in [0.5, 0.6) is 0 Å². The second-order valence-corrected chi connectivity index (χ2v) is 9.16. The fourth-order valence-corrected chi connectivity index (χ4v) is 4.01. The molecule has 0 bridgehead atoms. The van der Waals surface area contributed by atoms with Gasteiger partial charge in [-0.2, -0.15) is 0 Å². The summed E-state index contributed by atoms with van der Waals surface area (Å²) in [6.07, 6.45) is 21.8. The molecule has 0 radical (unpaired) electrons. The minimum absolute atomic E-state index is 0.197. The summed E-state index contributed by atoms with van der Waals surface area (Å²) in [6.45, 7) is 1.70. The van der Waals surface area contributed by atoms with Crippen LogP contribution in [-0.2, 0) is 19.1 Å². The van der Waals surface area contributed by atoms with E-state index in [2.05, 4.69) is 35.2 Å². The molecule has 0 rings (SSSR count). The monoisotopic (exact) mass is 510 g/mol. The van der Waals surface area contributed by atoms with Gasteiger partial charge in [0, 0.05) is 17.4 Å². The lowest BCUT2D eigenvalue weighted by atomic mass is 10.1. The van der Waals surface area contributed by atoms with Crippen LogP contribution in [0.25, 0.3) is 0 Å². The Hall–Kier alpha value is -2.36. The number of carboxylic acids is 1. The van der Waals surface area contributed by atoms with Gasteiger partial charge < -0.3 is 26.0 Å². The van der Waals surface area contributed by atoms with Gasteiger partial charge in [-0.3, -0.25) is 14.4 Å². The molecule has 0 aliphatic heterocycles. The number of nitrogens with one attached hydrogen (secondary N) is 1. The predicted molar refractivity (Wildman–Crippen MR) is 142 cm³/mol. The number of unbranched alkanes of at least 4 members (excludes halogenated alkanes) is 3. The number of rotatable bonds is 20. The van der Waals surface area contributed by atoms with E-state index in [0.717, 1.165) is 12.8 Å². The maximum absolute atomic E-state index is 11.9. The number of amides is 1. The number of carbonyl (C=O) groups excluding carboxylic acids is 2. The van der Waals surface area contributed by atoms with Crippen LogP contribution >= 0.6 is 11.8 Å². The van der Waals surface area contributed by atoms with E-state index < -0.39 is 30.6 Å². The van der Waals surface area contributed by atoms with Gasteiger partial charge >= 0.3 is 11.9 Å². The first-order valence-corrected chi connectivity index (χ1v) is 13.1. The zero-order valence-electron chi connectivity index (χ0n) is 20.9. The number of thioether (sulfide) groups is 1. The molecular weight excluding hydrogens is 468 g/mol. The molecule has 1 amide bonds. The second-order valence-electron chi connectivity index (χ2n) is 7.95. The average Bonchev–Trinajstić information content (AvgIpc) is 2.84. The molecule has 0 heterocycles. The third-order valence-corrected chi connectivity index (χ3v) is 6.30. The molecule has 0 aromatic heterocycles. The average molecular weight is 511 g/mol. The molecule has 0 saturated carbocycles. The fraction of sp³-hybridized carbons (Fsp3) is 0.577. The molecule has 35 heavy (non-hydrogen) atoms. The molecule has 0 fully saturated rings. The van der Waals surface area contributed by atoms with E-state index in [1.807, 2.05) is 30.4 Å². The molecule has 3 atom stereocenters. The van der Waals surface area contributed by atoms with Crippen molar-refractivity contribution in [3.05, 3.63) is 48.6 Å². The van der Waals surface area contributed by atoms with Gasteiger partial charge in [0.25, 0.3) is 0 Å². The molecule has 198 valence electrons. The molecule has 0 aliphatic carbocycles. The smallest absolute Gasteiger partial charge is 0.322 e. The summed E-state index contributed by atoms with van der Waals surface area (Å²) in [5.74, 6) is -1.85. The molecule has 0 spiro atoms. The molecule has 0 aromatic rings. The van der Waals surface area contributed by atoms with E-state index in [1.54, 1.807) is 0 Å². The highest BCUT2D eigenvalue weighted by Gasteiger charge is 2.21. The summed E-state index contributed by atoms with van der Waals surface area (Å²) in [6, 6.07) is -0.911. The topological polar surface area (TPSA) is 139 Å². The molecular formula is C26H42N2O6S. The summed E-state index contributed by atoms with van der Waals surface area (Å²) < 4.78 is 4.62. The van der Waals surface area contributed by atoms with Gasteiger partial charge in [-0.05, 0) is 32.1 Å². The van der Waals surface area contributed by atoms with Crippen LogP contribution in [0, 0.1) is 0 Å². The van der Waals surface area contributed by atoms with Crippen molar-refractivity contribution in [2.75, 3.05) is 19.4 Å². The number of nitrogens with two attached hydrogens (primary N) is 1. The Balaban J connectivity index is 4.75. The molecule has 8 nitrogen and oxygen atoms in total. The van der Waals surface area contributed by atoms with E-state index in [9.17, 15) is 19.5 Å². The van der Waals surface area contributed by atoms with Gasteiger partial charge in [-0.1, -0.05) is 68.4 Å². The first kappa shape index (κ1) is 32.6. The number of aliphatic carboxylic acids is 1. The second kappa shape index (κ2) is 22.1. The number of aliphatic hydroxyl groups is 1. The normalized spacial score (nSPS) is 14.6. The van der Waals surface area contributed by atoms with Gasteiger partial charge in [0.2, 0.25) is 5.91 Å². The van der Waals surface area contributed by atoms with Crippen molar-refractivity contribution in [2.45, 2.75) is 75.7 Å². The van der Waals surface area contributed by atoms with Crippen LogP contribution in [0.4, 0.5) is 0 Å². The molecule has 0 unspecified atom stereocenters. The van der Waals surface area contributed by atoms with Crippen molar-refractivity contribution >= 4 is 29.6 Å². The van der Waals surface area contributed by atoms with Gasteiger partial charge in [-0.15, -0.1) is 11.8 Å². The molecule has 5 N–H and O–H groups in total. The quantitative estimate of drug-likeness (QED) is 0.0844. The highest BCUT2D eigenvalue weighted by Crippen LogP contribution is 2.21. The lowest BCUT2D eigenvalue weighted by Gasteiger charge is -2.21. The summed E-state index contributed by atoms with van der Waals surface area (Å²) in [5, 5.41) is 21.2. The van der Waals surface area contributed by atoms with Gasteiger partial charge in [0.15, 0.2) is 0 Å². The summed E-state index contributed by atoms with van der Waals surface area (Å²) in [4.78, 5) is 33.8. The Morgan fingerprint density at radius 2 is 1.80 bits per heavy atom. The van der Waals surface area contributed by atoms with Crippen LogP contribution in [0.1, 0.15) is 58.3 Å². The van der Waals surface area contributed by atoms with E-state index in [-0.39, 0.29) is 23.4 Å². The fourth-order valence-electron chi connectivity index (χ4n) is 2.86. The zero-order chi connectivity index (χ0) is 26.3. The van der Waals surface area contributed by atoms with Crippen LogP contribution in [0.3, 0.4) is 0 Å². The van der Waals surface area contributed by atoms with E-state index >= 15 is 0 Å². The number of methoxy groups -OCH3 is 1. The SMILES string of the molecule is CCCCC/C=C\C\C=C/C=C/C=C/[C@@H](SC[C@H](N)C(=O)NCC(=O)O)[C@H](O)CCCC(=O)OC. The van der Waals surface area contributed by atoms with E-state index in [0.29, 0.717) is 12.8 Å². The first-order chi connectivity index (χ1) is 16.8. The van der Waals surface area contributed by atoms with Crippen LogP contribution in [0.15, 0.2) is 48.6 Å². The molecule has 0 aromatic carbocycles. The lowest BCUT2D eigenvalue weighted by Crippen LogP contribution is -2.44. The predicted octanol–water partition coefficient (Wildman–Crippen LogP) is 3.52. The van der Waals surface area contributed by atoms with Crippen LogP contribution in [0.2, 0.25) is 0 Å². The Bertz CT molecular complexity index is 721. The molecule has 0 aliphatic rings. The Morgan fingerprint density at radius 1 is 1.06 bits per heavy atom. The first-order valence-electron chi connectivity index (χ1n) is 12.1. The van der Waals surface area contributed by atoms with Crippen LogP contribution < -0.4 is 11.1 Å². The number of ether oxygens (including phenoxy) is 1. The standard InChI is InChI=1S/C26H42N2O6S/c1-3-4-5-6-7-8-9-10-11-12-13-14-17-23(22(29)16-15-18-25(32)34-2)35-20-21(27)26(33)28-19-24(30)31/h7-8,10-14,17,21-23,29H,3-6,9,15-16,18-20,27H2,1-2H3,(H,28,33)(H,30,31)/b8-7-,11-10-,13-12+,17-14+/t21-,22+,23+/m0/s1. The number of esters is 1. The summed E-state index contributed by atoms with van der Waals surface area (Å²) >= 11 is 1.30. The zero-order valence-corrected chi connectivity index (χ0v) is 21.8. The van der Waals surface area contributed by atoms with Gasteiger partial charge in [-0.25, -0.2) is 0 Å².